The fourth-order valence-electron chi connectivity index (χ4n) is 1.58. The van der Waals surface area contributed by atoms with Crippen LogP contribution < -0.4 is 4.72 Å². The van der Waals surface area contributed by atoms with Gasteiger partial charge in [-0.3, -0.25) is 0 Å². The number of nitriles is 1. The molecule has 20 heavy (non-hydrogen) atoms. The average molecular weight is 292 g/mol. The third-order valence-corrected chi connectivity index (χ3v) is 4.02. The van der Waals surface area contributed by atoms with E-state index in [0.29, 0.717) is 17.0 Å². The minimum atomic E-state index is -3.68. The molecule has 2 aromatic rings. The molecule has 0 aliphatic heterocycles. The molecule has 8 heteroatoms. The van der Waals surface area contributed by atoms with E-state index in [1.54, 1.807) is 13.8 Å². The van der Waals surface area contributed by atoms with Crippen molar-refractivity contribution in [1.82, 2.24) is 14.9 Å². The van der Waals surface area contributed by atoms with E-state index in [2.05, 4.69) is 14.9 Å². The number of hydrogen-bond acceptors (Lipinski definition) is 6. The molecule has 7 nitrogen and oxygen atoms in total. The van der Waals surface area contributed by atoms with E-state index < -0.39 is 10.0 Å². The second-order valence-corrected chi connectivity index (χ2v) is 5.91. The van der Waals surface area contributed by atoms with Gasteiger partial charge in [0.2, 0.25) is 15.9 Å². The Kier molecular flexibility index (Phi) is 3.83. The van der Waals surface area contributed by atoms with E-state index in [4.69, 9.17) is 9.78 Å². The zero-order chi connectivity index (χ0) is 14.8. The summed E-state index contributed by atoms with van der Waals surface area (Å²) in [5, 5.41) is 12.4. The molecule has 1 N–H and O–H groups in total. The summed E-state index contributed by atoms with van der Waals surface area (Å²) < 4.78 is 31.3. The first-order valence-electron chi connectivity index (χ1n) is 5.72. The second-order valence-electron chi connectivity index (χ2n) is 4.14. The number of aromatic nitrogens is 2. The van der Waals surface area contributed by atoms with Crippen LogP contribution in [0.4, 0.5) is 0 Å². The molecule has 0 aliphatic carbocycles. The molecule has 0 aliphatic rings. The Balaban J connectivity index is 2.18. The number of rotatable bonds is 4. The lowest BCUT2D eigenvalue weighted by atomic mass is 10.1. The summed E-state index contributed by atoms with van der Waals surface area (Å²) in [4.78, 5) is 4.00. The van der Waals surface area contributed by atoms with Crippen molar-refractivity contribution in [3.63, 3.8) is 0 Å². The lowest BCUT2D eigenvalue weighted by molar-refractivity contribution is 0.387. The highest BCUT2D eigenvalue weighted by molar-refractivity contribution is 7.89. The first-order chi connectivity index (χ1) is 9.42. The third kappa shape index (κ3) is 3.01. The van der Waals surface area contributed by atoms with Crippen LogP contribution in [0.5, 0.6) is 0 Å². The van der Waals surface area contributed by atoms with Crippen molar-refractivity contribution in [2.75, 3.05) is 0 Å². The van der Waals surface area contributed by atoms with E-state index in [1.165, 1.54) is 18.2 Å². The second kappa shape index (κ2) is 5.40. The maximum absolute atomic E-state index is 12.1. The van der Waals surface area contributed by atoms with Crippen LogP contribution in [0.1, 0.15) is 22.8 Å². The number of aryl methyl sites for hydroxylation is 2. The molecule has 0 amide bonds. The number of nitrogens with one attached hydrogen (secondary N) is 1. The van der Waals surface area contributed by atoms with Gasteiger partial charge in [0.05, 0.1) is 23.1 Å². The fourth-order valence-corrected chi connectivity index (χ4v) is 2.65. The topological polar surface area (TPSA) is 109 Å². The summed E-state index contributed by atoms with van der Waals surface area (Å²) in [5.74, 6) is 0.629. The van der Waals surface area contributed by atoms with E-state index in [1.807, 2.05) is 6.07 Å². The minimum absolute atomic E-state index is 0.0568. The predicted octanol–water partition coefficient (Wildman–Crippen LogP) is 1.04. The van der Waals surface area contributed by atoms with Crippen LogP contribution in [0.2, 0.25) is 0 Å². The third-order valence-electron chi connectivity index (χ3n) is 2.62. The summed E-state index contributed by atoms with van der Waals surface area (Å²) in [7, 11) is -3.68. The standard InChI is InChI=1S/C12H12N4O3S/c1-8-5-11(4-3-10(8)6-13)20(17,18)14-7-12-15-9(2)19-16-12/h3-5,14H,7H2,1-2H3. The summed E-state index contributed by atoms with van der Waals surface area (Å²) in [6, 6.07) is 6.29. The highest BCUT2D eigenvalue weighted by Crippen LogP contribution is 2.15. The molecule has 0 saturated carbocycles. The maximum atomic E-state index is 12.1. The molecule has 0 saturated heterocycles. The Morgan fingerprint density at radius 3 is 2.70 bits per heavy atom. The Morgan fingerprint density at radius 2 is 2.15 bits per heavy atom. The van der Waals surface area contributed by atoms with Crippen molar-refractivity contribution in [3.05, 3.63) is 41.0 Å². The van der Waals surface area contributed by atoms with Gasteiger partial charge in [-0.25, -0.2) is 13.1 Å². The Bertz CT molecular complexity index is 774. The molecule has 0 radical (unpaired) electrons. The van der Waals surface area contributed by atoms with Crippen molar-refractivity contribution in [2.45, 2.75) is 25.3 Å². The van der Waals surface area contributed by atoms with E-state index in [9.17, 15) is 8.42 Å². The van der Waals surface area contributed by atoms with Crippen LogP contribution in [-0.2, 0) is 16.6 Å². The SMILES string of the molecule is Cc1nc(CNS(=O)(=O)c2ccc(C#N)c(C)c2)no1. The van der Waals surface area contributed by atoms with Crippen LogP contribution in [0.25, 0.3) is 0 Å². The van der Waals surface area contributed by atoms with Crippen LogP contribution in [0, 0.1) is 25.2 Å². The van der Waals surface area contributed by atoms with Crippen molar-refractivity contribution >= 4 is 10.0 Å². The Hall–Kier alpha value is -2.24. The molecular formula is C12H12N4O3S. The highest BCUT2D eigenvalue weighted by Gasteiger charge is 2.16. The van der Waals surface area contributed by atoms with Crippen molar-refractivity contribution in [3.8, 4) is 6.07 Å². The first-order valence-corrected chi connectivity index (χ1v) is 7.20. The average Bonchev–Trinajstić information content (AvgIpc) is 2.82. The van der Waals surface area contributed by atoms with Gasteiger partial charge in [0.1, 0.15) is 0 Å². The van der Waals surface area contributed by atoms with Gasteiger partial charge < -0.3 is 4.52 Å². The highest BCUT2D eigenvalue weighted by atomic mass is 32.2. The maximum Gasteiger partial charge on any atom is 0.240 e. The monoisotopic (exact) mass is 292 g/mol. The van der Waals surface area contributed by atoms with E-state index in [-0.39, 0.29) is 17.3 Å². The molecule has 2 rings (SSSR count). The van der Waals surface area contributed by atoms with Crippen LogP contribution in [0.15, 0.2) is 27.6 Å². The Labute approximate surface area is 116 Å². The van der Waals surface area contributed by atoms with Gasteiger partial charge in [-0.05, 0) is 30.7 Å². The normalized spacial score (nSPS) is 11.2. The van der Waals surface area contributed by atoms with Gasteiger partial charge in [-0.1, -0.05) is 5.16 Å². The zero-order valence-electron chi connectivity index (χ0n) is 10.9. The number of hydrogen-bond donors (Lipinski definition) is 1. The largest absolute Gasteiger partial charge is 0.340 e. The molecular weight excluding hydrogens is 280 g/mol. The number of benzene rings is 1. The summed E-state index contributed by atoms with van der Waals surface area (Å²) in [6.45, 7) is 3.24. The smallest absolute Gasteiger partial charge is 0.240 e. The van der Waals surface area contributed by atoms with Gasteiger partial charge in [0, 0.05) is 6.92 Å². The van der Waals surface area contributed by atoms with Crippen LogP contribution >= 0.6 is 0 Å². The summed E-state index contributed by atoms with van der Waals surface area (Å²) >= 11 is 0. The van der Waals surface area contributed by atoms with Crippen LogP contribution in [0.3, 0.4) is 0 Å². The molecule has 1 aromatic carbocycles. The van der Waals surface area contributed by atoms with Gasteiger partial charge in [-0.15, -0.1) is 0 Å². The molecule has 0 bridgehead atoms. The van der Waals surface area contributed by atoms with Gasteiger partial charge in [-0.2, -0.15) is 10.2 Å². The molecule has 0 spiro atoms. The quantitative estimate of drug-likeness (QED) is 0.901. The van der Waals surface area contributed by atoms with E-state index >= 15 is 0 Å². The molecule has 1 aromatic heterocycles. The first kappa shape index (κ1) is 14.2. The molecule has 0 unspecified atom stereocenters. The fraction of sp³-hybridized carbons (Fsp3) is 0.250. The minimum Gasteiger partial charge on any atom is -0.340 e. The molecule has 1 heterocycles. The van der Waals surface area contributed by atoms with Crippen molar-refractivity contribution in [1.29, 1.82) is 5.26 Å². The number of sulfonamides is 1. The van der Waals surface area contributed by atoms with Crippen molar-refractivity contribution in [2.24, 2.45) is 0 Å². The van der Waals surface area contributed by atoms with E-state index in [0.717, 1.165) is 0 Å². The molecule has 0 fully saturated rings. The van der Waals surface area contributed by atoms with Gasteiger partial charge >= 0.3 is 0 Å². The van der Waals surface area contributed by atoms with Gasteiger partial charge in [0.25, 0.3) is 0 Å². The zero-order valence-corrected chi connectivity index (χ0v) is 11.7. The van der Waals surface area contributed by atoms with Crippen LogP contribution in [-0.4, -0.2) is 18.6 Å². The van der Waals surface area contributed by atoms with Crippen molar-refractivity contribution < 1.29 is 12.9 Å². The van der Waals surface area contributed by atoms with Gasteiger partial charge in [0.15, 0.2) is 5.82 Å². The Morgan fingerprint density at radius 1 is 1.40 bits per heavy atom. The lowest BCUT2D eigenvalue weighted by Crippen LogP contribution is -2.24. The summed E-state index contributed by atoms with van der Waals surface area (Å²) in [5.41, 5.74) is 1.04. The number of nitrogens with zero attached hydrogens (tertiary/aromatic N) is 3. The summed E-state index contributed by atoms with van der Waals surface area (Å²) in [6.07, 6.45) is 0. The predicted molar refractivity (Wildman–Crippen MR) is 69.0 cm³/mol. The lowest BCUT2D eigenvalue weighted by Gasteiger charge is -2.06. The molecule has 0 atom stereocenters. The molecule has 104 valence electrons.